The third-order valence-electron chi connectivity index (χ3n) is 5.05. The number of nitrogens with zero attached hydrogens (tertiary/aromatic N) is 3. The molecule has 2 aromatic heterocycles. The Morgan fingerprint density at radius 3 is 2.42 bits per heavy atom. The summed E-state index contributed by atoms with van der Waals surface area (Å²) in [6.45, 7) is 7.70. The Hall–Kier alpha value is -3.70. The number of nitrogens with one attached hydrogen (secondary N) is 2. The predicted octanol–water partition coefficient (Wildman–Crippen LogP) is 4.50. The van der Waals surface area contributed by atoms with Gasteiger partial charge in [0.15, 0.2) is 5.15 Å². The van der Waals surface area contributed by atoms with E-state index >= 15 is 0 Å². The zero-order chi connectivity index (χ0) is 26.5. The lowest BCUT2D eigenvalue weighted by molar-refractivity contribution is 0.0276. The second kappa shape index (κ2) is 10.9. The first-order valence-electron chi connectivity index (χ1n) is 10.9. The molecule has 0 saturated heterocycles. The molecule has 2 amide bonds. The van der Waals surface area contributed by atoms with Gasteiger partial charge in [-0.25, -0.2) is 18.2 Å². The number of hydrogen-bond donors (Lipinski definition) is 2. The maximum absolute atomic E-state index is 12.8. The maximum atomic E-state index is 12.8. The molecule has 0 aliphatic rings. The molecule has 0 spiro atoms. The number of anilines is 1. The first-order chi connectivity index (χ1) is 16.9. The van der Waals surface area contributed by atoms with Crippen LogP contribution >= 0.6 is 11.6 Å². The molecule has 0 bridgehead atoms. The second-order valence-electron chi connectivity index (χ2n) is 8.59. The van der Waals surface area contributed by atoms with Gasteiger partial charge in [-0.1, -0.05) is 35.9 Å². The van der Waals surface area contributed by atoms with Gasteiger partial charge in [0.05, 0.1) is 10.6 Å². The fourth-order valence-electron chi connectivity index (χ4n) is 3.36. The van der Waals surface area contributed by atoms with Crippen molar-refractivity contribution in [3.05, 3.63) is 71.8 Å². The summed E-state index contributed by atoms with van der Waals surface area (Å²) in [7, 11) is -3.93. The normalized spacial score (nSPS) is 11.5. The largest absolute Gasteiger partial charge is 0.434 e. The van der Waals surface area contributed by atoms with Crippen LogP contribution in [-0.2, 0) is 14.9 Å². The third kappa shape index (κ3) is 6.29. The molecule has 12 heteroatoms. The Balaban J connectivity index is 1.86. The average molecular weight is 532 g/mol. The van der Waals surface area contributed by atoms with Gasteiger partial charge in [-0.2, -0.15) is 5.48 Å². The van der Waals surface area contributed by atoms with Crippen LogP contribution in [0.3, 0.4) is 0 Å². The topological polar surface area (TPSA) is 131 Å². The van der Waals surface area contributed by atoms with Gasteiger partial charge in [0.1, 0.15) is 5.69 Å². The summed E-state index contributed by atoms with van der Waals surface area (Å²) >= 11 is 6.15. The number of halogens is 1. The van der Waals surface area contributed by atoms with Gasteiger partial charge in [-0.15, -0.1) is 0 Å². The molecule has 0 unspecified atom stereocenters. The molecule has 0 fully saturated rings. The van der Waals surface area contributed by atoms with Crippen molar-refractivity contribution in [3.63, 3.8) is 0 Å². The van der Waals surface area contributed by atoms with E-state index in [0.29, 0.717) is 17.7 Å². The highest BCUT2D eigenvalue weighted by molar-refractivity contribution is 7.92. The molecule has 36 heavy (non-hydrogen) atoms. The van der Waals surface area contributed by atoms with Crippen molar-refractivity contribution in [2.45, 2.75) is 38.1 Å². The number of pyridine rings is 2. The highest BCUT2D eigenvalue weighted by Gasteiger charge is 2.27. The van der Waals surface area contributed by atoms with Crippen molar-refractivity contribution in [2.75, 3.05) is 11.3 Å². The smallest absolute Gasteiger partial charge is 0.321 e. The van der Waals surface area contributed by atoms with Crippen LogP contribution in [0.5, 0.6) is 0 Å². The lowest BCUT2D eigenvalue weighted by Crippen LogP contribution is -2.47. The fourth-order valence-corrected chi connectivity index (χ4v) is 4.65. The lowest BCUT2D eigenvalue weighted by Gasteiger charge is -2.33. The zero-order valence-corrected chi connectivity index (χ0v) is 21.7. The number of hydrogen-bond acceptors (Lipinski definition) is 7. The van der Waals surface area contributed by atoms with Crippen molar-refractivity contribution in [3.8, 4) is 11.1 Å². The van der Waals surface area contributed by atoms with E-state index in [2.05, 4.69) is 20.2 Å². The minimum absolute atomic E-state index is 0.0171. The van der Waals surface area contributed by atoms with Gasteiger partial charge in [0.2, 0.25) is 0 Å². The third-order valence-corrected chi connectivity index (χ3v) is 6.73. The monoisotopic (exact) mass is 531 g/mol. The van der Waals surface area contributed by atoms with E-state index < -0.39 is 27.6 Å². The van der Waals surface area contributed by atoms with Gasteiger partial charge in [-0.05, 0) is 52.0 Å². The van der Waals surface area contributed by atoms with E-state index in [-0.39, 0.29) is 21.4 Å². The number of benzene rings is 1. The van der Waals surface area contributed by atoms with E-state index in [1.807, 2.05) is 20.8 Å². The average Bonchev–Trinajstić information content (AvgIpc) is 2.84. The van der Waals surface area contributed by atoms with Crippen LogP contribution in [-0.4, -0.2) is 47.4 Å². The number of carbonyl (C=O) groups is 2. The van der Waals surface area contributed by atoms with Crippen molar-refractivity contribution >= 4 is 39.3 Å². The quantitative estimate of drug-likeness (QED) is 0.353. The summed E-state index contributed by atoms with van der Waals surface area (Å²) < 4.78 is 27.9. The van der Waals surface area contributed by atoms with Crippen LogP contribution in [0.15, 0.2) is 65.8 Å². The molecule has 2 N–H and O–H groups in total. The van der Waals surface area contributed by atoms with E-state index in [9.17, 15) is 18.0 Å². The Morgan fingerprint density at radius 1 is 1.08 bits per heavy atom. The van der Waals surface area contributed by atoms with Crippen molar-refractivity contribution in [2.24, 2.45) is 0 Å². The molecule has 3 rings (SSSR count). The van der Waals surface area contributed by atoms with E-state index in [4.69, 9.17) is 16.4 Å². The summed E-state index contributed by atoms with van der Waals surface area (Å²) in [6.07, 6.45) is 2.05. The molecular weight excluding hydrogens is 506 g/mol. The van der Waals surface area contributed by atoms with Crippen LogP contribution in [0.4, 0.5) is 10.5 Å². The predicted molar refractivity (Wildman–Crippen MR) is 136 cm³/mol. The summed E-state index contributed by atoms with van der Waals surface area (Å²) in [4.78, 5) is 39.9. The number of carbonyl (C=O) groups excluding carboxylic acids is 2. The van der Waals surface area contributed by atoms with Crippen LogP contribution in [0, 0.1) is 0 Å². The molecule has 3 aromatic rings. The Morgan fingerprint density at radius 2 is 1.78 bits per heavy atom. The van der Waals surface area contributed by atoms with E-state index in [1.54, 1.807) is 37.3 Å². The Bertz CT molecular complexity index is 1360. The standard InChI is InChI=1S/C24H26ClN5O5S/c1-5-30(24(2,3)4)23(32)35-28-22(31)20-18(12-9-13-26-20)16-14-19(21(25)27-15-16)29-36(33,34)17-10-7-6-8-11-17/h6-15,29H,5H2,1-4H3,(H,28,31). The van der Waals surface area contributed by atoms with Crippen molar-refractivity contribution < 1.29 is 22.8 Å². The summed E-state index contributed by atoms with van der Waals surface area (Å²) in [5, 5.41) is -0.0797. The summed E-state index contributed by atoms with van der Waals surface area (Å²) in [5.41, 5.74) is 2.25. The van der Waals surface area contributed by atoms with Crippen LogP contribution in [0.25, 0.3) is 11.1 Å². The molecule has 0 saturated carbocycles. The SMILES string of the molecule is CCN(C(=O)ONC(=O)c1ncccc1-c1cnc(Cl)c(NS(=O)(=O)c2ccccc2)c1)C(C)(C)C. The van der Waals surface area contributed by atoms with Gasteiger partial charge in [-0.3, -0.25) is 14.5 Å². The number of aromatic nitrogens is 2. The molecule has 0 atom stereocenters. The maximum Gasteiger partial charge on any atom is 0.434 e. The van der Waals surface area contributed by atoms with Crippen LogP contribution in [0.1, 0.15) is 38.2 Å². The Labute approximate surface area is 214 Å². The van der Waals surface area contributed by atoms with E-state index in [1.165, 1.54) is 35.5 Å². The summed E-state index contributed by atoms with van der Waals surface area (Å²) in [6, 6.07) is 12.4. The number of amides is 2. The van der Waals surface area contributed by atoms with Gasteiger partial charge in [0, 0.05) is 35.6 Å². The molecule has 2 heterocycles. The van der Waals surface area contributed by atoms with Crippen molar-refractivity contribution in [1.82, 2.24) is 20.3 Å². The first kappa shape index (κ1) is 26.9. The molecular formula is C24H26ClN5O5S. The number of rotatable bonds is 6. The Kier molecular flexibility index (Phi) is 8.16. The minimum Gasteiger partial charge on any atom is -0.321 e. The number of sulfonamides is 1. The van der Waals surface area contributed by atoms with E-state index in [0.717, 1.165) is 0 Å². The fraction of sp³-hybridized carbons (Fsp3) is 0.250. The number of hydroxylamine groups is 1. The molecule has 0 radical (unpaired) electrons. The highest BCUT2D eigenvalue weighted by atomic mass is 35.5. The molecule has 10 nitrogen and oxygen atoms in total. The van der Waals surface area contributed by atoms with Gasteiger partial charge >= 0.3 is 12.0 Å². The lowest BCUT2D eigenvalue weighted by atomic mass is 10.1. The highest BCUT2D eigenvalue weighted by Crippen LogP contribution is 2.30. The van der Waals surface area contributed by atoms with Crippen LogP contribution < -0.4 is 10.2 Å². The molecule has 0 aliphatic carbocycles. The van der Waals surface area contributed by atoms with Crippen LogP contribution in [0.2, 0.25) is 5.15 Å². The molecule has 1 aromatic carbocycles. The second-order valence-corrected chi connectivity index (χ2v) is 10.6. The van der Waals surface area contributed by atoms with Gasteiger partial charge < -0.3 is 9.74 Å². The summed E-state index contributed by atoms with van der Waals surface area (Å²) in [5.74, 6) is -0.773. The zero-order valence-electron chi connectivity index (χ0n) is 20.1. The molecule has 190 valence electrons. The van der Waals surface area contributed by atoms with Crippen molar-refractivity contribution in [1.29, 1.82) is 0 Å². The molecule has 0 aliphatic heterocycles. The first-order valence-corrected chi connectivity index (χ1v) is 12.8. The van der Waals surface area contributed by atoms with Gasteiger partial charge in [0.25, 0.3) is 10.0 Å². The minimum atomic E-state index is -3.93.